The average Bonchev–Trinajstić information content (AvgIpc) is 2.97. The van der Waals surface area contributed by atoms with Gasteiger partial charge in [0.2, 0.25) is 12.4 Å². The van der Waals surface area contributed by atoms with Crippen LogP contribution in [0.5, 0.6) is 0 Å². The molecule has 0 N–H and O–H groups in total. The molecule has 0 amide bonds. The zero-order chi connectivity index (χ0) is 24.4. The first kappa shape index (κ1) is 22.3. The van der Waals surface area contributed by atoms with Gasteiger partial charge in [-0.25, -0.2) is 0 Å². The Bertz CT molecular complexity index is 1460. The summed E-state index contributed by atoms with van der Waals surface area (Å²) in [6.07, 6.45) is 2.32. The van der Waals surface area contributed by atoms with Crippen LogP contribution in [0.2, 0.25) is 6.55 Å². The smallest absolute Gasteiger partial charge is 0.228 e. The molecule has 2 nitrogen and oxygen atoms in total. The fourth-order valence-electron chi connectivity index (χ4n) is 5.42. The monoisotopic (exact) mass is 481 g/mol. The van der Waals surface area contributed by atoms with Crippen molar-refractivity contribution in [3.8, 4) is 0 Å². The van der Waals surface area contributed by atoms with Gasteiger partial charge < -0.3 is 0 Å². The number of rotatable bonds is 5. The molecule has 3 heteroatoms. The molecule has 0 aromatic heterocycles. The van der Waals surface area contributed by atoms with Crippen LogP contribution >= 0.6 is 0 Å². The summed E-state index contributed by atoms with van der Waals surface area (Å²) < 4.78 is 2.35. The molecule has 5 aromatic rings. The Balaban J connectivity index is 1.64. The van der Waals surface area contributed by atoms with Crippen LogP contribution in [0.3, 0.4) is 0 Å². The zero-order valence-corrected chi connectivity index (χ0v) is 21.5. The van der Waals surface area contributed by atoms with E-state index in [0.717, 1.165) is 6.67 Å². The van der Waals surface area contributed by atoms with E-state index in [1.54, 1.807) is 0 Å². The summed E-state index contributed by atoms with van der Waals surface area (Å²) in [7, 11) is -2.31. The van der Waals surface area contributed by atoms with Crippen LogP contribution in [0.4, 0.5) is 17.1 Å². The Morgan fingerprint density at radius 2 is 1.11 bits per heavy atom. The maximum atomic E-state index is 2.50. The van der Waals surface area contributed by atoms with Gasteiger partial charge in [-0.1, -0.05) is 116 Å². The van der Waals surface area contributed by atoms with E-state index in [-0.39, 0.29) is 0 Å². The first-order valence-corrected chi connectivity index (χ1v) is 15.0. The van der Waals surface area contributed by atoms with Gasteiger partial charge >= 0.3 is 0 Å². The van der Waals surface area contributed by atoms with Gasteiger partial charge in [-0.15, -0.1) is 0 Å². The average molecular weight is 482 g/mol. The third kappa shape index (κ3) is 3.88. The maximum absolute atomic E-state index is 2.50. The largest absolute Gasteiger partial charge is 0.285 e. The number of hydrogen-bond acceptors (Lipinski definition) is 1. The molecule has 0 saturated heterocycles. The van der Waals surface area contributed by atoms with E-state index in [1.807, 2.05) is 0 Å². The fourth-order valence-corrected chi connectivity index (χ4v) is 9.27. The van der Waals surface area contributed by atoms with Gasteiger partial charge in [-0.2, -0.15) is 4.58 Å². The number of hydrogen-bond donors (Lipinski definition) is 0. The highest BCUT2D eigenvalue weighted by Gasteiger charge is 2.40. The second-order valence-corrected chi connectivity index (χ2v) is 13.4. The quantitative estimate of drug-likeness (QED) is 0.178. The molecule has 0 spiro atoms. The van der Waals surface area contributed by atoms with Crippen LogP contribution in [-0.4, -0.2) is 25.5 Å². The van der Waals surface area contributed by atoms with Crippen LogP contribution in [0.15, 0.2) is 140 Å². The Labute approximate surface area is 214 Å². The van der Waals surface area contributed by atoms with Crippen molar-refractivity contribution in [2.45, 2.75) is 6.55 Å². The standard InChI is InChI=1S/C33H29N2Si/c1-36(30-20-10-4-11-21-30,31-22-12-5-13-23-31)32-24-14-15-27-25-34(28-16-6-2-7-17-28)26-35(33(27)32)29-18-8-3-9-19-29/h2-25H,26H2,1H3/q+1. The Kier molecular flexibility index (Phi) is 5.84. The predicted octanol–water partition coefficient (Wildman–Crippen LogP) is 5.66. The second kappa shape index (κ2) is 9.44. The lowest BCUT2D eigenvalue weighted by Gasteiger charge is -2.36. The van der Waals surface area contributed by atoms with E-state index in [9.17, 15) is 0 Å². The molecule has 0 atom stereocenters. The molecule has 1 heterocycles. The Morgan fingerprint density at radius 3 is 1.69 bits per heavy atom. The molecule has 174 valence electrons. The molecular weight excluding hydrogens is 452 g/mol. The first-order valence-electron chi connectivity index (χ1n) is 12.5. The highest BCUT2D eigenvalue weighted by Crippen LogP contribution is 2.32. The molecule has 0 saturated carbocycles. The summed E-state index contributed by atoms with van der Waals surface area (Å²) in [5.74, 6) is 0. The van der Waals surface area contributed by atoms with Gasteiger partial charge in [0.1, 0.15) is 8.07 Å². The lowest BCUT2D eigenvalue weighted by atomic mass is 10.1. The zero-order valence-electron chi connectivity index (χ0n) is 20.5. The molecule has 6 rings (SSSR count). The van der Waals surface area contributed by atoms with Crippen LogP contribution in [0, 0.1) is 0 Å². The molecule has 1 aliphatic rings. The van der Waals surface area contributed by atoms with Gasteiger partial charge in [0, 0.05) is 17.8 Å². The number of para-hydroxylation sites is 3. The highest BCUT2D eigenvalue weighted by molar-refractivity contribution is 7.11. The Morgan fingerprint density at radius 1 is 0.583 bits per heavy atom. The molecule has 0 unspecified atom stereocenters. The molecular formula is C33H29N2Si+. The summed E-state index contributed by atoms with van der Waals surface area (Å²) in [5, 5.41) is 4.27. The van der Waals surface area contributed by atoms with Gasteiger partial charge in [-0.05, 0) is 33.8 Å². The summed E-state index contributed by atoms with van der Waals surface area (Å²) in [5.41, 5.74) is 4.97. The van der Waals surface area contributed by atoms with Crippen molar-refractivity contribution in [2.75, 3.05) is 11.6 Å². The number of nitrogens with zero attached hydrogens (tertiary/aromatic N) is 2. The lowest BCUT2D eigenvalue weighted by Crippen LogP contribution is -2.66. The summed E-state index contributed by atoms with van der Waals surface area (Å²) >= 11 is 0. The molecule has 36 heavy (non-hydrogen) atoms. The SMILES string of the molecule is C[Si](c1ccccc1)(c1ccccc1)c1cccc2c1N(c1ccccc1)C[N+](c1ccccc1)=C2. The van der Waals surface area contributed by atoms with Gasteiger partial charge in [-0.3, -0.25) is 4.90 Å². The van der Waals surface area contributed by atoms with E-state index in [4.69, 9.17) is 0 Å². The van der Waals surface area contributed by atoms with Crippen molar-refractivity contribution in [2.24, 2.45) is 0 Å². The highest BCUT2D eigenvalue weighted by atomic mass is 28.3. The normalized spacial score (nSPS) is 13.1. The van der Waals surface area contributed by atoms with Crippen molar-refractivity contribution in [3.05, 3.63) is 145 Å². The Hall–Kier alpha value is -4.21. The van der Waals surface area contributed by atoms with E-state index < -0.39 is 8.07 Å². The molecule has 0 radical (unpaired) electrons. The molecule has 0 aliphatic carbocycles. The number of benzene rings is 5. The maximum Gasteiger partial charge on any atom is 0.228 e. The minimum Gasteiger partial charge on any atom is -0.285 e. The van der Waals surface area contributed by atoms with Gasteiger partial charge in [0.15, 0.2) is 6.21 Å². The van der Waals surface area contributed by atoms with Gasteiger partial charge in [0.05, 0.1) is 11.3 Å². The third-order valence-corrected chi connectivity index (χ3v) is 11.8. The fraction of sp³-hybridized carbons (Fsp3) is 0.0606. The molecule has 5 aromatic carbocycles. The van der Waals surface area contributed by atoms with E-state index in [0.29, 0.717) is 0 Å². The topological polar surface area (TPSA) is 6.25 Å². The van der Waals surface area contributed by atoms with Crippen molar-refractivity contribution in [3.63, 3.8) is 0 Å². The van der Waals surface area contributed by atoms with Crippen molar-refractivity contribution >= 4 is 46.9 Å². The predicted molar refractivity (Wildman–Crippen MR) is 155 cm³/mol. The minimum absolute atomic E-state index is 0.756. The number of fused-ring (bicyclic) bond motifs is 1. The van der Waals surface area contributed by atoms with E-state index in [1.165, 1.54) is 38.2 Å². The lowest BCUT2D eigenvalue weighted by molar-refractivity contribution is -0.434. The molecule has 1 aliphatic heterocycles. The number of anilines is 2. The van der Waals surface area contributed by atoms with Gasteiger partial charge in [0.25, 0.3) is 0 Å². The van der Waals surface area contributed by atoms with Crippen molar-refractivity contribution in [1.29, 1.82) is 0 Å². The minimum atomic E-state index is -2.31. The first-order chi connectivity index (χ1) is 17.7. The van der Waals surface area contributed by atoms with E-state index in [2.05, 4.69) is 162 Å². The molecule has 0 fully saturated rings. The second-order valence-electron chi connectivity index (χ2n) is 9.44. The van der Waals surface area contributed by atoms with E-state index >= 15 is 0 Å². The van der Waals surface area contributed by atoms with Crippen molar-refractivity contribution < 1.29 is 4.58 Å². The third-order valence-electron chi connectivity index (χ3n) is 7.32. The van der Waals surface area contributed by atoms with Crippen molar-refractivity contribution in [1.82, 2.24) is 0 Å². The molecule has 0 bridgehead atoms. The van der Waals surface area contributed by atoms with Crippen LogP contribution in [0.1, 0.15) is 5.56 Å². The summed E-state index contributed by atoms with van der Waals surface area (Å²) in [4.78, 5) is 2.49. The van der Waals surface area contributed by atoms with Crippen LogP contribution in [-0.2, 0) is 0 Å². The van der Waals surface area contributed by atoms with Crippen LogP contribution < -0.4 is 20.5 Å². The summed E-state index contributed by atoms with van der Waals surface area (Å²) in [6.45, 7) is 3.26. The summed E-state index contributed by atoms with van der Waals surface area (Å²) in [6, 6.07) is 50.5. The van der Waals surface area contributed by atoms with Crippen LogP contribution in [0.25, 0.3) is 0 Å².